The van der Waals surface area contributed by atoms with Gasteiger partial charge in [0.05, 0.1) is 23.4 Å². The van der Waals surface area contributed by atoms with Crippen LogP contribution in [0.15, 0.2) is 47.4 Å². The molecule has 0 spiro atoms. The van der Waals surface area contributed by atoms with E-state index >= 15 is 0 Å². The molecule has 0 heterocycles. The third-order valence-electron chi connectivity index (χ3n) is 4.23. The molecule has 0 aliphatic heterocycles. The van der Waals surface area contributed by atoms with Crippen molar-refractivity contribution in [3.63, 3.8) is 0 Å². The third-order valence-corrected chi connectivity index (χ3v) is 7.58. The SMILES string of the molecule is COc1ccc(NS(=O)(=O)c2ccc(NC(C)S(=O)(=O)[O-])cc2)c(NC(C)S(=O)(=O)[O-])c1.O.O.O.O.[Na+].[Na+]. The Labute approximate surface area is 265 Å². The van der Waals surface area contributed by atoms with E-state index in [4.69, 9.17) is 4.74 Å². The van der Waals surface area contributed by atoms with Gasteiger partial charge >= 0.3 is 59.1 Å². The summed E-state index contributed by atoms with van der Waals surface area (Å²) in [5, 5.41) is 1.91. The number of ether oxygens (including phenoxy) is 1. The van der Waals surface area contributed by atoms with Crippen LogP contribution < -0.4 is 79.2 Å². The topological polar surface area (TPSA) is 320 Å². The smallest absolute Gasteiger partial charge is 0.746 e. The van der Waals surface area contributed by atoms with Crippen molar-refractivity contribution in [2.45, 2.75) is 29.5 Å². The Kier molecular flexibility index (Phi) is 23.0. The summed E-state index contributed by atoms with van der Waals surface area (Å²) >= 11 is 0. The zero-order valence-electron chi connectivity index (χ0n) is 21.1. The first kappa shape index (κ1) is 47.1. The van der Waals surface area contributed by atoms with Gasteiger partial charge in [0.15, 0.2) is 0 Å². The first-order valence-corrected chi connectivity index (χ1v) is 13.3. The van der Waals surface area contributed by atoms with Gasteiger partial charge in [-0.3, -0.25) is 4.72 Å². The van der Waals surface area contributed by atoms with Gasteiger partial charge in [-0.2, -0.15) is 0 Å². The first-order chi connectivity index (χ1) is 14.6. The van der Waals surface area contributed by atoms with Crippen LogP contribution in [-0.4, -0.2) is 74.1 Å². The fraction of sp³-hybridized carbons (Fsp3) is 0.294. The van der Waals surface area contributed by atoms with Crippen molar-refractivity contribution in [1.82, 2.24) is 0 Å². The summed E-state index contributed by atoms with van der Waals surface area (Å²) in [5.41, 5.74) is 0.152. The van der Waals surface area contributed by atoms with E-state index in [1.807, 2.05) is 0 Å². The summed E-state index contributed by atoms with van der Waals surface area (Å²) < 4.78 is 99.5. The standard InChI is InChI=1S/C17H23N3O9S3.2Na.4H2O/c1-11(31(23,24)25)18-13-4-7-15(8-5-13)30(21,22)20-16-9-6-14(29-3)10-17(16)19-12(2)32(26,27)28;;;;;;/h4-12,18-20H,1-3H3,(H,23,24,25)(H,26,27,28);;;4*1H2/q;2*+1;;;;/p-2. The minimum Gasteiger partial charge on any atom is -0.746 e. The molecule has 0 saturated heterocycles. The number of benzene rings is 2. The van der Waals surface area contributed by atoms with Gasteiger partial charge in [0.25, 0.3) is 10.0 Å². The minimum atomic E-state index is -4.71. The maximum absolute atomic E-state index is 12.8. The molecule has 2 rings (SSSR count). The largest absolute Gasteiger partial charge is 1.00 e. The fourth-order valence-electron chi connectivity index (χ4n) is 2.39. The Balaban J connectivity index is -0.000000605. The maximum Gasteiger partial charge on any atom is 1.00 e. The molecule has 0 aliphatic rings. The molecule has 0 amide bonds. The second kappa shape index (κ2) is 18.6. The van der Waals surface area contributed by atoms with Crippen LogP contribution in [0.1, 0.15) is 13.8 Å². The molecule has 0 fully saturated rings. The van der Waals surface area contributed by atoms with E-state index in [9.17, 15) is 34.4 Å². The molecular weight excluding hydrogens is 596 g/mol. The predicted molar refractivity (Wildman–Crippen MR) is 130 cm³/mol. The van der Waals surface area contributed by atoms with E-state index in [2.05, 4.69) is 15.4 Å². The number of anilines is 3. The van der Waals surface area contributed by atoms with E-state index < -0.39 is 41.0 Å². The Morgan fingerprint density at radius 3 is 1.58 bits per heavy atom. The molecule has 0 radical (unpaired) electrons. The molecule has 2 aromatic carbocycles. The predicted octanol–water partition coefficient (Wildman–Crippen LogP) is -8.19. The Hall–Kier alpha value is -0.750. The summed E-state index contributed by atoms with van der Waals surface area (Å²) in [6, 6.07) is 8.96. The summed E-state index contributed by atoms with van der Waals surface area (Å²) in [5.74, 6) is 0.281. The molecule has 2 atom stereocenters. The molecule has 38 heavy (non-hydrogen) atoms. The monoisotopic (exact) mass is 625 g/mol. The van der Waals surface area contributed by atoms with Gasteiger partial charge < -0.3 is 46.4 Å². The van der Waals surface area contributed by atoms with Crippen molar-refractivity contribution >= 4 is 47.3 Å². The van der Waals surface area contributed by atoms with Crippen molar-refractivity contribution in [2.24, 2.45) is 0 Å². The second-order valence-electron chi connectivity index (χ2n) is 6.60. The van der Waals surface area contributed by atoms with E-state index in [-0.39, 0.29) is 109 Å². The average molecular weight is 626 g/mol. The van der Waals surface area contributed by atoms with Crippen molar-refractivity contribution in [3.05, 3.63) is 42.5 Å². The van der Waals surface area contributed by atoms with Gasteiger partial charge in [0.1, 0.15) is 36.7 Å². The van der Waals surface area contributed by atoms with Crippen LogP contribution in [0.2, 0.25) is 0 Å². The van der Waals surface area contributed by atoms with Crippen LogP contribution in [0, 0.1) is 0 Å². The van der Waals surface area contributed by atoms with Crippen molar-refractivity contribution in [2.75, 3.05) is 22.5 Å². The van der Waals surface area contributed by atoms with Crippen molar-refractivity contribution in [1.29, 1.82) is 0 Å². The van der Waals surface area contributed by atoms with Crippen LogP contribution in [0.4, 0.5) is 17.1 Å². The zero-order valence-corrected chi connectivity index (χ0v) is 27.5. The molecule has 210 valence electrons. The Morgan fingerprint density at radius 2 is 1.16 bits per heavy atom. The van der Waals surface area contributed by atoms with E-state index in [1.54, 1.807) is 0 Å². The second-order valence-corrected chi connectivity index (χ2v) is 11.7. The minimum absolute atomic E-state index is 0. The summed E-state index contributed by atoms with van der Waals surface area (Å²) in [6.45, 7) is 2.25. The summed E-state index contributed by atoms with van der Waals surface area (Å²) in [7, 11) is -12.1. The summed E-state index contributed by atoms with van der Waals surface area (Å²) in [4.78, 5) is -0.202. The fourth-order valence-corrected chi connectivity index (χ4v) is 4.02. The van der Waals surface area contributed by atoms with E-state index in [0.29, 0.717) is 0 Å². The van der Waals surface area contributed by atoms with Gasteiger partial charge in [0, 0.05) is 11.8 Å². The molecule has 0 aromatic heterocycles. The quantitative estimate of drug-likeness (QED) is 0.164. The number of methoxy groups -OCH3 is 1. The number of hydrogen-bond donors (Lipinski definition) is 3. The molecular formula is C17H29N3Na2O13S3. The van der Waals surface area contributed by atoms with Gasteiger partial charge in [-0.15, -0.1) is 0 Å². The van der Waals surface area contributed by atoms with E-state index in [1.165, 1.54) is 49.6 Å². The Morgan fingerprint density at radius 1 is 0.711 bits per heavy atom. The molecule has 0 saturated carbocycles. The summed E-state index contributed by atoms with van der Waals surface area (Å²) in [6.07, 6.45) is 0. The number of hydrogen-bond acceptors (Lipinski definition) is 11. The van der Waals surface area contributed by atoms with Crippen LogP contribution in [0.25, 0.3) is 0 Å². The first-order valence-electron chi connectivity index (χ1n) is 8.87. The van der Waals surface area contributed by atoms with Crippen LogP contribution in [0.5, 0.6) is 5.75 Å². The normalized spacial score (nSPS) is 12.0. The maximum atomic E-state index is 12.8. The van der Waals surface area contributed by atoms with Crippen LogP contribution in [0.3, 0.4) is 0 Å². The van der Waals surface area contributed by atoms with Gasteiger partial charge in [-0.25, -0.2) is 25.3 Å². The van der Waals surface area contributed by atoms with Crippen LogP contribution >= 0.6 is 0 Å². The molecule has 0 aliphatic carbocycles. The van der Waals surface area contributed by atoms with Crippen molar-refractivity contribution in [3.8, 4) is 5.75 Å². The molecule has 2 unspecified atom stereocenters. The molecule has 16 nitrogen and oxygen atoms in total. The van der Waals surface area contributed by atoms with Gasteiger partial charge in [-0.1, -0.05) is 0 Å². The number of nitrogens with one attached hydrogen (secondary N) is 3. The number of rotatable bonds is 10. The Bertz CT molecular complexity index is 1290. The van der Waals surface area contributed by atoms with Gasteiger partial charge in [0.2, 0.25) is 0 Å². The number of sulfonamides is 1. The molecule has 11 N–H and O–H groups in total. The van der Waals surface area contributed by atoms with Crippen LogP contribution in [-0.2, 0) is 30.3 Å². The molecule has 0 bridgehead atoms. The van der Waals surface area contributed by atoms with Crippen molar-refractivity contribution < 1.29 is 120 Å². The van der Waals surface area contributed by atoms with E-state index in [0.717, 1.165) is 13.8 Å². The molecule has 2 aromatic rings. The molecule has 21 heteroatoms. The third kappa shape index (κ3) is 13.5. The average Bonchev–Trinajstić information content (AvgIpc) is 2.68. The van der Waals surface area contributed by atoms with Gasteiger partial charge in [-0.05, 0) is 50.2 Å². The zero-order chi connectivity index (χ0) is 24.3.